The van der Waals surface area contributed by atoms with E-state index < -0.39 is 0 Å². The first kappa shape index (κ1) is 24.8. The molecule has 0 bridgehead atoms. The number of morpholine rings is 1. The second kappa shape index (κ2) is 10.6. The second-order valence-corrected chi connectivity index (χ2v) is 10.2. The molecule has 1 aliphatic carbocycles. The number of hydrogen-bond donors (Lipinski definition) is 1. The number of aromatic nitrogens is 2. The number of carbonyl (C=O) groups excluding carboxylic acids is 2. The first-order valence-electron chi connectivity index (χ1n) is 13.2. The molecule has 0 radical (unpaired) electrons. The van der Waals surface area contributed by atoms with Crippen molar-refractivity contribution in [1.82, 2.24) is 19.6 Å². The van der Waals surface area contributed by atoms with Crippen molar-refractivity contribution < 1.29 is 19.4 Å². The molecular weight excluding hydrogens is 458 g/mol. The van der Waals surface area contributed by atoms with Crippen LogP contribution in [0.5, 0.6) is 0 Å². The minimum Gasteiger partial charge on any atom is -0.394 e. The molecule has 2 aromatic rings. The van der Waals surface area contributed by atoms with Gasteiger partial charge in [-0.15, -0.1) is 0 Å². The van der Waals surface area contributed by atoms with Crippen molar-refractivity contribution in [3.63, 3.8) is 0 Å². The largest absolute Gasteiger partial charge is 0.394 e. The number of carbonyl (C=O) groups is 2. The van der Waals surface area contributed by atoms with Crippen molar-refractivity contribution in [3.05, 3.63) is 46.3 Å². The van der Waals surface area contributed by atoms with Crippen LogP contribution in [-0.2, 0) is 28.9 Å². The van der Waals surface area contributed by atoms with Crippen LogP contribution in [0.15, 0.2) is 18.2 Å². The minimum atomic E-state index is -0.357. The van der Waals surface area contributed by atoms with E-state index in [1.165, 1.54) is 16.8 Å². The van der Waals surface area contributed by atoms with E-state index in [1.54, 1.807) is 9.58 Å². The van der Waals surface area contributed by atoms with Crippen LogP contribution in [0.3, 0.4) is 0 Å². The summed E-state index contributed by atoms with van der Waals surface area (Å²) in [6, 6.07) is 6.38. The summed E-state index contributed by atoms with van der Waals surface area (Å²) in [6.07, 6.45) is 3.36. The summed E-state index contributed by atoms with van der Waals surface area (Å²) in [6.45, 7) is 8.57. The van der Waals surface area contributed by atoms with Gasteiger partial charge in [0.05, 0.1) is 19.3 Å². The van der Waals surface area contributed by atoms with Crippen LogP contribution in [0.1, 0.15) is 45.7 Å². The van der Waals surface area contributed by atoms with Crippen LogP contribution < -0.4 is 4.90 Å². The van der Waals surface area contributed by atoms with Gasteiger partial charge in [-0.05, 0) is 56.7 Å². The minimum absolute atomic E-state index is 0.0530. The lowest BCUT2D eigenvalue weighted by molar-refractivity contribution is -0.132. The molecule has 1 atom stereocenters. The van der Waals surface area contributed by atoms with E-state index in [9.17, 15) is 14.7 Å². The van der Waals surface area contributed by atoms with Gasteiger partial charge in [-0.2, -0.15) is 5.10 Å². The molecular formula is C27H37N5O4. The van der Waals surface area contributed by atoms with Crippen LogP contribution in [0.25, 0.3) is 0 Å². The van der Waals surface area contributed by atoms with Crippen LogP contribution in [-0.4, -0.2) is 95.1 Å². The van der Waals surface area contributed by atoms with Gasteiger partial charge in [0.2, 0.25) is 5.91 Å². The Morgan fingerprint density at radius 2 is 1.83 bits per heavy atom. The van der Waals surface area contributed by atoms with Crippen molar-refractivity contribution in [3.8, 4) is 0 Å². The Morgan fingerprint density at radius 1 is 1.06 bits per heavy atom. The molecule has 0 unspecified atom stereocenters. The molecule has 3 aliphatic rings. The van der Waals surface area contributed by atoms with Gasteiger partial charge < -0.3 is 24.5 Å². The highest BCUT2D eigenvalue weighted by Gasteiger charge is 2.32. The van der Waals surface area contributed by atoms with E-state index in [0.717, 1.165) is 50.0 Å². The number of benzene rings is 1. The Morgan fingerprint density at radius 3 is 2.61 bits per heavy atom. The number of amides is 2. The fourth-order valence-corrected chi connectivity index (χ4v) is 5.64. The fraction of sp³-hybridized carbons (Fsp3) is 0.593. The molecule has 0 spiro atoms. The zero-order valence-corrected chi connectivity index (χ0v) is 21.4. The molecule has 3 heterocycles. The Hall–Kier alpha value is -2.91. The standard InChI is InChI=1S/C27H37N5O4/c1-19-6-5-9-23(20(19)2)29-10-12-30(13-11-29)25(34)17-32-24-8-4-3-7-22(24)26(28-32)27(35)31-14-15-36-21(16-31)18-33/h5-6,9,21,33H,3-4,7-8,10-18H2,1-2H3/t21-/m0/s1. The zero-order chi connectivity index (χ0) is 25.2. The molecule has 5 rings (SSSR count). The van der Waals surface area contributed by atoms with Gasteiger partial charge >= 0.3 is 0 Å². The Labute approximate surface area is 212 Å². The maximum absolute atomic E-state index is 13.4. The normalized spacial score (nSPS) is 20.4. The summed E-state index contributed by atoms with van der Waals surface area (Å²) in [5.41, 5.74) is 6.31. The summed E-state index contributed by atoms with van der Waals surface area (Å²) >= 11 is 0. The van der Waals surface area contributed by atoms with Gasteiger partial charge in [0.15, 0.2) is 5.69 Å². The highest BCUT2D eigenvalue weighted by molar-refractivity contribution is 5.94. The van der Waals surface area contributed by atoms with Gasteiger partial charge in [-0.25, -0.2) is 0 Å². The number of hydrogen-bond acceptors (Lipinski definition) is 6. The van der Waals surface area contributed by atoms with Gasteiger partial charge in [-0.3, -0.25) is 14.3 Å². The van der Waals surface area contributed by atoms with Gasteiger partial charge in [0.1, 0.15) is 6.54 Å². The van der Waals surface area contributed by atoms with Gasteiger partial charge in [-0.1, -0.05) is 12.1 Å². The highest BCUT2D eigenvalue weighted by atomic mass is 16.5. The predicted molar refractivity (Wildman–Crippen MR) is 136 cm³/mol. The average Bonchev–Trinajstić information content (AvgIpc) is 3.28. The van der Waals surface area contributed by atoms with Crippen LogP contribution in [0, 0.1) is 13.8 Å². The summed E-state index contributed by atoms with van der Waals surface area (Å²) in [7, 11) is 0. The van der Waals surface area contributed by atoms with E-state index in [-0.39, 0.29) is 31.1 Å². The Balaban J connectivity index is 1.27. The molecule has 9 heteroatoms. The molecule has 194 valence electrons. The SMILES string of the molecule is Cc1cccc(N2CCN(C(=O)Cn3nc(C(=O)N4CCO[C@H](CO)C4)c4c3CCCC4)CC2)c1C. The lowest BCUT2D eigenvalue weighted by atomic mass is 9.95. The van der Waals surface area contributed by atoms with E-state index in [2.05, 4.69) is 36.9 Å². The number of aryl methyl sites for hydroxylation is 1. The highest BCUT2D eigenvalue weighted by Crippen LogP contribution is 2.27. The van der Waals surface area contributed by atoms with Crippen LogP contribution >= 0.6 is 0 Å². The molecule has 1 aromatic carbocycles. The second-order valence-electron chi connectivity index (χ2n) is 10.2. The van der Waals surface area contributed by atoms with Crippen molar-refractivity contribution in [2.75, 3.05) is 57.4 Å². The fourth-order valence-electron chi connectivity index (χ4n) is 5.64. The lowest BCUT2D eigenvalue weighted by Crippen LogP contribution is -2.50. The Kier molecular flexibility index (Phi) is 7.29. The summed E-state index contributed by atoms with van der Waals surface area (Å²) in [4.78, 5) is 32.7. The maximum Gasteiger partial charge on any atom is 0.274 e. The first-order chi connectivity index (χ1) is 17.5. The topological polar surface area (TPSA) is 91.1 Å². The summed E-state index contributed by atoms with van der Waals surface area (Å²) in [5.74, 6) is -0.0690. The molecule has 2 amide bonds. The number of ether oxygens (including phenoxy) is 1. The number of aliphatic hydroxyl groups excluding tert-OH is 1. The quantitative estimate of drug-likeness (QED) is 0.677. The molecule has 1 aromatic heterocycles. The van der Waals surface area contributed by atoms with Crippen LogP contribution in [0.2, 0.25) is 0 Å². The third kappa shape index (κ3) is 4.86. The van der Waals surface area contributed by atoms with E-state index in [0.29, 0.717) is 38.5 Å². The molecule has 2 fully saturated rings. The number of rotatable bonds is 5. The Bertz CT molecular complexity index is 1120. The lowest BCUT2D eigenvalue weighted by Gasteiger charge is -2.37. The number of nitrogens with zero attached hydrogens (tertiary/aromatic N) is 5. The number of piperazine rings is 1. The molecule has 9 nitrogen and oxygen atoms in total. The van der Waals surface area contributed by atoms with Crippen molar-refractivity contribution in [2.24, 2.45) is 0 Å². The van der Waals surface area contributed by atoms with Gasteiger partial charge in [0.25, 0.3) is 5.91 Å². The smallest absolute Gasteiger partial charge is 0.274 e. The molecule has 0 saturated carbocycles. The van der Waals surface area contributed by atoms with E-state index >= 15 is 0 Å². The first-order valence-corrected chi connectivity index (χ1v) is 13.2. The third-order valence-electron chi connectivity index (χ3n) is 7.92. The van der Waals surface area contributed by atoms with Crippen molar-refractivity contribution in [2.45, 2.75) is 52.2 Å². The van der Waals surface area contributed by atoms with E-state index in [4.69, 9.17) is 9.84 Å². The van der Waals surface area contributed by atoms with Crippen molar-refractivity contribution >= 4 is 17.5 Å². The predicted octanol–water partition coefficient (Wildman–Crippen LogP) is 1.56. The zero-order valence-electron chi connectivity index (χ0n) is 21.4. The summed E-state index contributed by atoms with van der Waals surface area (Å²) in [5, 5.41) is 14.2. The monoisotopic (exact) mass is 495 g/mol. The molecule has 1 N–H and O–H groups in total. The maximum atomic E-state index is 13.4. The molecule has 36 heavy (non-hydrogen) atoms. The summed E-state index contributed by atoms with van der Waals surface area (Å²) < 4.78 is 7.29. The van der Waals surface area contributed by atoms with Crippen LogP contribution in [0.4, 0.5) is 5.69 Å². The number of fused-ring (bicyclic) bond motifs is 1. The number of anilines is 1. The molecule has 2 aliphatic heterocycles. The molecule has 2 saturated heterocycles. The van der Waals surface area contributed by atoms with E-state index in [1.807, 2.05) is 4.90 Å². The van der Waals surface area contributed by atoms with Crippen molar-refractivity contribution in [1.29, 1.82) is 0 Å². The average molecular weight is 496 g/mol. The number of aliphatic hydroxyl groups is 1. The third-order valence-corrected chi connectivity index (χ3v) is 7.92. The van der Waals surface area contributed by atoms with Gasteiger partial charge in [0, 0.05) is 56.2 Å².